The number of para-hydroxylation sites is 1. The predicted molar refractivity (Wildman–Crippen MR) is 152 cm³/mol. The Labute approximate surface area is 229 Å². The molecule has 3 rings (SSSR count). The van der Waals surface area contributed by atoms with Crippen molar-refractivity contribution in [1.29, 1.82) is 0 Å². The fourth-order valence-electron chi connectivity index (χ4n) is 4.12. The maximum absolute atomic E-state index is 13.8. The van der Waals surface area contributed by atoms with E-state index in [1.54, 1.807) is 4.90 Å². The third-order valence-corrected chi connectivity index (χ3v) is 6.58. The number of amides is 2. The summed E-state index contributed by atoms with van der Waals surface area (Å²) in [5.74, 6) is 0.850. The van der Waals surface area contributed by atoms with E-state index in [9.17, 15) is 9.59 Å². The average molecular weight is 566 g/mol. The van der Waals surface area contributed by atoms with Crippen LogP contribution in [0.15, 0.2) is 83.3 Å². The Bertz CT molecular complexity index is 1160. The monoisotopic (exact) mass is 564 g/mol. The van der Waals surface area contributed by atoms with Crippen LogP contribution < -0.4 is 10.1 Å². The molecule has 0 saturated heterocycles. The Morgan fingerprint density at radius 1 is 0.892 bits per heavy atom. The molecule has 0 saturated carbocycles. The minimum atomic E-state index is -0.684. The lowest BCUT2D eigenvalue weighted by Gasteiger charge is -2.32. The highest BCUT2D eigenvalue weighted by Crippen LogP contribution is 2.26. The number of rotatable bonds is 12. The first-order valence-corrected chi connectivity index (χ1v) is 13.6. The molecule has 1 N–H and O–H groups in total. The van der Waals surface area contributed by atoms with Crippen LogP contribution >= 0.6 is 15.9 Å². The van der Waals surface area contributed by atoms with E-state index in [0.717, 1.165) is 21.2 Å². The number of carbonyl (C=O) groups excluding carboxylic acids is 2. The smallest absolute Gasteiger partial charge is 0.261 e. The number of halogens is 1. The standard InChI is InChI=1S/C31H37BrN2O3/c1-22(2)19-33-31(36)28(18-24-11-6-5-7-12-24)34(20-25-13-10-14-26(32)17-25)30(35)21-37-29-16-9-8-15-27(29)23(3)4/h5-17,22-23,28H,18-21H2,1-4H3,(H,33,36)/t28-/m0/s1. The Morgan fingerprint density at radius 3 is 2.24 bits per heavy atom. The fraction of sp³-hybridized carbons (Fsp3) is 0.355. The predicted octanol–water partition coefficient (Wildman–Crippen LogP) is 6.36. The van der Waals surface area contributed by atoms with E-state index in [2.05, 4.69) is 48.9 Å². The van der Waals surface area contributed by atoms with Crippen LogP contribution in [0.4, 0.5) is 0 Å². The lowest BCUT2D eigenvalue weighted by Crippen LogP contribution is -2.52. The van der Waals surface area contributed by atoms with Gasteiger partial charge in [0.15, 0.2) is 6.61 Å². The molecule has 0 unspecified atom stereocenters. The van der Waals surface area contributed by atoms with Gasteiger partial charge < -0.3 is 15.0 Å². The molecule has 0 aliphatic heterocycles. The summed E-state index contributed by atoms with van der Waals surface area (Å²) in [6, 6.07) is 24.7. The molecule has 0 fully saturated rings. The van der Waals surface area contributed by atoms with Gasteiger partial charge in [-0.15, -0.1) is 0 Å². The van der Waals surface area contributed by atoms with Crippen molar-refractivity contribution < 1.29 is 14.3 Å². The highest BCUT2D eigenvalue weighted by Gasteiger charge is 2.31. The second kappa shape index (κ2) is 14.0. The van der Waals surface area contributed by atoms with Gasteiger partial charge in [0.25, 0.3) is 5.91 Å². The van der Waals surface area contributed by atoms with Crippen LogP contribution in [-0.4, -0.2) is 35.9 Å². The Morgan fingerprint density at radius 2 is 1.57 bits per heavy atom. The molecule has 196 valence electrons. The van der Waals surface area contributed by atoms with E-state index in [0.29, 0.717) is 31.2 Å². The van der Waals surface area contributed by atoms with Gasteiger partial charge in [-0.05, 0) is 46.7 Å². The van der Waals surface area contributed by atoms with E-state index in [1.807, 2.05) is 78.9 Å². The molecule has 5 nitrogen and oxygen atoms in total. The van der Waals surface area contributed by atoms with Crippen LogP contribution in [0.2, 0.25) is 0 Å². The molecule has 0 spiro atoms. The highest BCUT2D eigenvalue weighted by molar-refractivity contribution is 9.10. The van der Waals surface area contributed by atoms with Crippen LogP contribution in [0.1, 0.15) is 50.3 Å². The summed E-state index contributed by atoms with van der Waals surface area (Å²) < 4.78 is 6.97. The molecule has 0 heterocycles. The SMILES string of the molecule is CC(C)CNC(=O)[C@H](Cc1ccccc1)N(Cc1cccc(Br)c1)C(=O)COc1ccccc1C(C)C. The van der Waals surface area contributed by atoms with Crippen molar-refractivity contribution in [1.82, 2.24) is 10.2 Å². The first kappa shape index (κ1) is 28.5. The van der Waals surface area contributed by atoms with Gasteiger partial charge in [-0.1, -0.05) is 104 Å². The average Bonchev–Trinajstić information content (AvgIpc) is 2.88. The van der Waals surface area contributed by atoms with Crippen molar-refractivity contribution in [3.05, 3.63) is 100 Å². The Balaban J connectivity index is 1.92. The van der Waals surface area contributed by atoms with Crippen molar-refractivity contribution in [2.75, 3.05) is 13.2 Å². The number of benzene rings is 3. The van der Waals surface area contributed by atoms with Gasteiger partial charge in [-0.2, -0.15) is 0 Å². The van der Waals surface area contributed by atoms with Crippen molar-refractivity contribution in [3.63, 3.8) is 0 Å². The van der Waals surface area contributed by atoms with E-state index >= 15 is 0 Å². The minimum Gasteiger partial charge on any atom is -0.483 e. The van der Waals surface area contributed by atoms with Gasteiger partial charge in [0.2, 0.25) is 5.91 Å². The zero-order valence-electron chi connectivity index (χ0n) is 22.1. The number of carbonyl (C=O) groups is 2. The molecular formula is C31H37BrN2O3. The summed E-state index contributed by atoms with van der Waals surface area (Å²) in [7, 11) is 0. The molecule has 0 aliphatic carbocycles. The first-order chi connectivity index (χ1) is 17.7. The molecule has 3 aromatic rings. The third-order valence-electron chi connectivity index (χ3n) is 6.09. The van der Waals surface area contributed by atoms with Gasteiger partial charge in [0, 0.05) is 24.0 Å². The quantitative estimate of drug-likeness (QED) is 0.278. The van der Waals surface area contributed by atoms with Gasteiger partial charge in [0.1, 0.15) is 11.8 Å². The molecule has 2 amide bonds. The van der Waals surface area contributed by atoms with Gasteiger partial charge >= 0.3 is 0 Å². The van der Waals surface area contributed by atoms with Crippen molar-refractivity contribution in [2.45, 2.75) is 52.6 Å². The second-order valence-corrected chi connectivity index (χ2v) is 10.9. The Kier molecular flexibility index (Phi) is 10.8. The van der Waals surface area contributed by atoms with E-state index < -0.39 is 6.04 Å². The van der Waals surface area contributed by atoms with E-state index in [-0.39, 0.29) is 24.3 Å². The molecule has 0 bridgehead atoms. The largest absolute Gasteiger partial charge is 0.483 e. The number of hydrogen-bond acceptors (Lipinski definition) is 3. The first-order valence-electron chi connectivity index (χ1n) is 12.8. The summed E-state index contributed by atoms with van der Waals surface area (Å²) >= 11 is 3.53. The van der Waals surface area contributed by atoms with Crippen LogP contribution in [0.3, 0.4) is 0 Å². The van der Waals surface area contributed by atoms with E-state index in [4.69, 9.17) is 4.74 Å². The molecule has 0 aliphatic rings. The van der Waals surface area contributed by atoms with Crippen LogP contribution in [0, 0.1) is 5.92 Å². The van der Waals surface area contributed by atoms with Crippen molar-refractivity contribution >= 4 is 27.7 Å². The molecule has 1 atom stereocenters. The van der Waals surface area contributed by atoms with Gasteiger partial charge in [-0.3, -0.25) is 9.59 Å². The number of nitrogens with zero attached hydrogens (tertiary/aromatic N) is 1. The summed E-state index contributed by atoms with van der Waals surface area (Å²) in [6.45, 7) is 8.98. The van der Waals surface area contributed by atoms with Gasteiger partial charge in [0.05, 0.1) is 0 Å². The van der Waals surface area contributed by atoms with Crippen LogP contribution in [0.5, 0.6) is 5.75 Å². The molecular weight excluding hydrogens is 528 g/mol. The second-order valence-electron chi connectivity index (χ2n) is 9.98. The number of nitrogens with one attached hydrogen (secondary N) is 1. The Hall–Kier alpha value is -3.12. The normalized spacial score (nSPS) is 11.9. The number of hydrogen-bond donors (Lipinski definition) is 1. The maximum atomic E-state index is 13.8. The summed E-state index contributed by atoms with van der Waals surface area (Å²) in [4.78, 5) is 28.9. The topological polar surface area (TPSA) is 58.6 Å². The zero-order valence-corrected chi connectivity index (χ0v) is 23.7. The van der Waals surface area contributed by atoms with E-state index in [1.165, 1.54) is 0 Å². The number of ether oxygens (including phenoxy) is 1. The van der Waals surface area contributed by atoms with Crippen LogP contribution in [-0.2, 0) is 22.6 Å². The maximum Gasteiger partial charge on any atom is 0.261 e. The minimum absolute atomic E-state index is 0.152. The fourth-order valence-corrected chi connectivity index (χ4v) is 4.57. The highest BCUT2D eigenvalue weighted by atomic mass is 79.9. The summed E-state index contributed by atoms with van der Waals surface area (Å²) in [6.07, 6.45) is 0.410. The lowest BCUT2D eigenvalue weighted by atomic mass is 10.0. The van der Waals surface area contributed by atoms with Crippen LogP contribution in [0.25, 0.3) is 0 Å². The third kappa shape index (κ3) is 8.74. The molecule has 0 radical (unpaired) electrons. The zero-order chi connectivity index (χ0) is 26.8. The molecule has 0 aromatic heterocycles. The summed E-state index contributed by atoms with van der Waals surface area (Å²) in [5, 5.41) is 3.05. The van der Waals surface area contributed by atoms with Crippen molar-refractivity contribution in [2.24, 2.45) is 5.92 Å². The molecule has 3 aromatic carbocycles. The molecule has 37 heavy (non-hydrogen) atoms. The summed E-state index contributed by atoms with van der Waals surface area (Å²) in [5.41, 5.74) is 2.97. The molecule has 6 heteroatoms. The van der Waals surface area contributed by atoms with Crippen molar-refractivity contribution in [3.8, 4) is 5.75 Å². The lowest BCUT2D eigenvalue weighted by molar-refractivity contribution is -0.142. The van der Waals surface area contributed by atoms with Gasteiger partial charge in [-0.25, -0.2) is 0 Å².